The summed E-state index contributed by atoms with van der Waals surface area (Å²) < 4.78 is 1.57. The zero-order valence-corrected chi connectivity index (χ0v) is 9.91. The third-order valence-corrected chi connectivity index (χ3v) is 2.90. The Balaban J connectivity index is 2.39. The van der Waals surface area contributed by atoms with Crippen LogP contribution in [0.15, 0.2) is 36.8 Å². The van der Waals surface area contributed by atoms with E-state index in [9.17, 15) is 0 Å². The van der Waals surface area contributed by atoms with Gasteiger partial charge in [-0.15, -0.1) is 0 Å². The highest BCUT2D eigenvalue weighted by atomic mass is 15.2. The van der Waals surface area contributed by atoms with Gasteiger partial charge in [0.15, 0.2) is 5.82 Å². The standard InChI is InChI=1S/C13H10N6/c1-16-10-6-19-12(13(15)17-7-18-19)11(10)8-2-4-9(14)5-3-8/h2-7H,14H2,(H2,15,17,18). The third kappa shape index (κ3) is 1.65. The highest BCUT2D eigenvalue weighted by Gasteiger charge is 2.16. The summed E-state index contributed by atoms with van der Waals surface area (Å²) in [4.78, 5) is 7.50. The van der Waals surface area contributed by atoms with Gasteiger partial charge in [0.25, 0.3) is 0 Å². The first-order valence-electron chi connectivity index (χ1n) is 5.56. The molecule has 1 aromatic carbocycles. The Kier molecular flexibility index (Phi) is 2.32. The van der Waals surface area contributed by atoms with Crippen LogP contribution < -0.4 is 11.5 Å². The van der Waals surface area contributed by atoms with Crippen molar-refractivity contribution in [3.8, 4) is 11.1 Å². The maximum absolute atomic E-state index is 7.28. The number of hydrogen-bond donors (Lipinski definition) is 2. The fraction of sp³-hybridized carbons (Fsp3) is 0. The molecule has 0 aliphatic rings. The average Bonchev–Trinajstić information content (AvgIpc) is 2.80. The molecule has 0 aliphatic heterocycles. The molecule has 0 radical (unpaired) electrons. The molecule has 0 saturated heterocycles. The van der Waals surface area contributed by atoms with Crippen molar-refractivity contribution < 1.29 is 0 Å². The fourth-order valence-corrected chi connectivity index (χ4v) is 2.04. The molecular weight excluding hydrogens is 240 g/mol. The molecular formula is C13H10N6. The quantitative estimate of drug-likeness (QED) is 0.511. The largest absolute Gasteiger partial charge is 0.399 e. The van der Waals surface area contributed by atoms with E-state index in [1.165, 1.54) is 6.33 Å². The summed E-state index contributed by atoms with van der Waals surface area (Å²) in [5.41, 5.74) is 15.0. The highest BCUT2D eigenvalue weighted by Crippen LogP contribution is 2.37. The van der Waals surface area contributed by atoms with Crippen LogP contribution in [0.3, 0.4) is 0 Å². The Labute approximate surface area is 109 Å². The Morgan fingerprint density at radius 2 is 1.89 bits per heavy atom. The molecule has 2 heterocycles. The van der Waals surface area contributed by atoms with Gasteiger partial charge in [0, 0.05) is 17.4 Å². The van der Waals surface area contributed by atoms with E-state index >= 15 is 0 Å². The van der Waals surface area contributed by atoms with E-state index in [2.05, 4.69) is 14.9 Å². The maximum Gasteiger partial charge on any atom is 0.215 e. The third-order valence-electron chi connectivity index (χ3n) is 2.90. The Hall–Kier alpha value is -3.07. The van der Waals surface area contributed by atoms with Crippen LogP contribution in [0.4, 0.5) is 17.2 Å². The van der Waals surface area contributed by atoms with Crippen molar-refractivity contribution in [1.29, 1.82) is 0 Å². The van der Waals surface area contributed by atoms with Gasteiger partial charge < -0.3 is 11.5 Å². The van der Waals surface area contributed by atoms with Crippen molar-refractivity contribution in [3.05, 3.63) is 48.2 Å². The summed E-state index contributed by atoms with van der Waals surface area (Å²) >= 11 is 0. The van der Waals surface area contributed by atoms with Crippen LogP contribution in [0.5, 0.6) is 0 Å². The van der Waals surface area contributed by atoms with Crippen LogP contribution in [0.25, 0.3) is 21.5 Å². The van der Waals surface area contributed by atoms with Gasteiger partial charge in [0.2, 0.25) is 5.69 Å². The number of nitrogens with two attached hydrogens (primary N) is 2. The molecule has 0 spiro atoms. The van der Waals surface area contributed by atoms with E-state index in [4.69, 9.17) is 18.0 Å². The summed E-state index contributed by atoms with van der Waals surface area (Å²) in [6.45, 7) is 7.28. The molecule has 6 heteroatoms. The SMILES string of the molecule is [C-]#[N+]c1cn2ncnc(N)c2c1-c1ccc(N)cc1. The molecule has 0 unspecified atom stereocenters. The zero-order valence-electron chi connectivity index (χ0n) is 9.91. The fourth-order valence-electron chi connectivity index (χ4n) is 2.04. The first-order valence-corrected chi connectivity index (χ1v) is 5.56. The molecule has 0 aliphatic carbocycles. The Bertz CT molecular complexity index is 794. The molecule has 3 aromatic rings. The summed E-state index contributed by atoms with van der Waals surface area (Å²) in [5.74, 6) is 0.344. The summed E-state index contributed by atoms with van der Waals surface area (Å²) in [5, 5.41) is 4.07. The number of aromatic nitrogens is 3. The van der Waals surface area contributed by atoms with E-state index in [0.717, 1.165) is 11.1 Å². The molecule has 0 saturated carbocycles. The molecule has 4 N–H and O–H groups in total. The van der Waals surface area contributed by atoms with Crippen molar-refractivity contribution in [2.75, 3.05) is 11.5 Å². The van der Waals surface area contributed by atoms with Gasteiger partial charge in [-0.05, 0) is 17.7 Å². The van der Waals surface area contributed by atoms with Gasteiger partial charge in [-0.2, -0.15) is 5.10 Å². The van der Waals surface area contributed by atoms with Crippen LogP contribution >= 0.6 is 0 Å². The number of rotatable bonds is 1. The minimum Gasteiger partial charge on any atom is -0.399 e. The van der Waals surface area contributed by atoms with Crippen LogP contribution in [0, 0.1) is 6.57 Å². The second kappa shape index (κ2) is 3.99. The monoisotopic (exact) mass is 250 g/mol. The summed E-state index contributed by atoms with van der Waals surface area (Å²) in [6.07, 6.45) is 3.01. The second-order valence-electron chi connectivity index (χ2n) is 4.06. The first-order chi connectivity index (χ1) is 9.20. The van der Waals surface area contributed by atoms with Crippen molar-refractivity contribution in [2.45, 2.75) is 0 Å². The van der Waals surface area contributed by atoms with Gasteiger partial charge in [0.05, 0.1) is 6.57 Å². The summed E-state index contributed by atoms with van der Waals surface area (Å²) in [6, 6.07) is 7.27. The van der Waals surface area contributed by atoms with E-state index in [1.807, 2.05) is 12.1 Å². The zero-order chi connectivity index (χ0) is 13.4. The first kappa shape index (κ1) is 11.0. The lowest BCUT2D eigenvalue weighted by Crippen LogP contribution is -1.98. The topological polar surface area (TPSA) is 86.6 Å². The van der Waals surface area contributed by atoms with Crippen molar-refractivity contribution in [3.63, 3.8) is 0 Å². The molecule has 0 bridgehead atoms. The van der Waals surface area contributed by atoms with Gasteiger partial charge in [0.1, 0.15) is 11.8 Å². The maximum atomic E-state index is 7.28. The van der Waals surface area contributed by atoms with E-state index in [1.54, 1.807) is 22.8 Å². The lowest BCUT2D eigenvalue weighted by Gasteiger charge is -2.04. The normalized spacial score (nSPS) is 10.5. The number of hydrogen-bond acceptors (Lipinski definition) is 4. The van der Waals surface area contributed by atoms with Crippen LogP contribution in [0.2, 0.25) is 0 Å². The van der Waals surface area contributed by atoms with Gasteiger partial charge >= 0.3 is 0 Å². The molecule has 19 heavy (non-hydrogen) atoms. The van der Waals surface area contributed by atoms with Gasteiger partial charge in [-0.3, -0.25) is 0 Å². The molecule has 6 nitrogen and oxygen atoms in total. The second-order valence-corrected chi connectivity index (χ2v) is 4.06. The Morgan fingerprint density at radius 3 is 2.58 bits per heavy atom. The number of fused-ring (bicyclic) bond motifs is 1. The van der Waals surface area contributed by atoms with E-state index in [0.29, 0.717) is 22.7 Å². The number of nitrogen functional groups attached to an aromatic ring is 2. The number of nitrogens with zero attached hydrogens (tertiary/aromatic N) is 4. The molecule has 0 fully saturated rings. The lowest BCUT2D eigenvalue weighted by atomic mass is 10.1. The highest BCUT2D eigenvalue weighted by molar-refractivity contribution is 5.96. The van der Waals surface area contributed by atoms with Gasteiger partial charge in [-0.1, -0.05) is 12.1 Å². The van der Waals surface area contributed by atoms with Crippen LogP contribution in [-0.4, -0.2) is 14.6 Å². The predicted molar refractivity (Wildman–Crippen MR) is 73.5 cm³/mol. The molecule has 0 amide bonds. The molecule has 0 atom stereocenters. The van der Waals surface area contributed by atoms with E-state index < -0.39 is 0 Å². The Morgan fingerprint density at radius 1 is 1.16 bits per heavy atom. The molecule has 2 aromatic heterocycles. The molecule has 92 valence electrons. The van der Waals surface area contributed by atoms with Crippen molar-refractivity contribution >= 4 is 22.7 Å². The lowest BCUT2D eigenvalue weighted by molar-refractivity contribution is 0.909. The summed E-state index contributed by atoms with van der Waals surface area (Å²) in [7, 11) is 0. The van der Waals surface area contributed by atoms with Crippen LogP contribution in [0.1, 0.15) is 0 Å². The van der Waals surface area contributed by atoms with Crippen molar-refractivity contribution in [1.82, 2.24) is 14.6 Å². The van der Waals surface area contributed by atoms with Crippen LogP contribution in [-0.2, 0) is 0 Å². The van der Waals surface area contributed by atoms with E-state index in [-0.39, 0.29) is 0 Å². The smallest absolute Gasteiger partial charge is 0.215 e. The minimum absolute atomic E-state index is 0.344. The number of anilines is 2. The predicted octanol–water partition coefficient (Wildman–Crippen LogP) is 2.11. The van der Waals surface area contributed by atoms with Crippen molar-refractivity contribution in [2.24, 2.45) is 0 Å². The molecule has 3 rings (SSSR count). The number of benzene rings is 1. The minimum atomic E-state index is 0.344. The van der Waals surface area contributed by atoms with Gasteiger partial charge in [-0.25, -0.2) is 14.3 Å². The average molecular weight is 250 g/mol.